The molecule has 9 nitrogen and oxygen atoms in total. The van der Waals surface area contributed by atoms with Crippen molar-refractivity contribution in [2.24, 2.45) is 0 Å². The Morgan fingerprint density at radius 2 is 2.00 bits per heavy atom. The third-order valence-electron chi connectivity index (χ3n) is 4.73. The summed E-state index contributed by atoms with van der Waals surface area (Å²) in [4.78, 5) is 32.4. The number of para-hydroxylation sites is 2. The Morgan fingerprint density at radius 3 is 2.66 bits per heavy atom. The Bertz CT molecular complexity index is 1010. The summed E-state index contributed by atoms with van der Waals surface area (Å²) < 4.78 is 40.6. The van der Waals surface area contributed by atoms with Crippen LogP contribution in [0.15, 0.2) is 43.1 Å². The number of aliphatic hydroxyl groups excluding tert-OH is 1. The summed E-state index contributed by atoms with van der Waals surface area (Å²) in [6.07, 6.45) is -2.50. The second-order valence-corrected chi connectivity index (χ2v) is 6.95. The molecule has 0 radical (unpaired) electrons. The fraction of sp³-hybridized carbons (Fsp3) is 0.300. The van der Waals surface area contributed by atoms with Crippen molar-refractivity contribution in [2.75, 3.05) is 35.6 Å². The van der Waals surface area contributed by atoms with E-state index in [-0.39, 0.29) is 29.9 Å². The van der Waals surface area contributed by atoms with Crippen LogP contribution in [0.3, 0.4) is 0 Å². The largest absolute Gasteiger partial charge is 0.421 e. The molecule has 1 saturated heterocycles. The van der Waals surface area contributed by atoms with Crippen molar-refractivity contribution in [2.45, 2.75) is 18.6 Å². The number of carbonyl (C=O) groups excluding carboxylic acids is 2. The molecule has 2 amide bonds. The normalized spacial score (nSPS) is 15.9. The van der Waals surface area contributed by atoms with E-state index in [0.29, 0.717) is 19.2 Å². The topological polar surface area (TPSA) is 119 Å². The summed E-state index contributed by atoms with van der Waals surface area (Å²) in [5.41, 5.74) is -0.651. The van der Waals surface area contributed by atoms with Crippen molar-refractivity contribution in [1.82, 2.24) is 14.9 Å². The summed E-state index contributed by atoms with van der Waals surface area (Å²) in [6.45, 7) is 3.41. The summed E-state index contributed by atoms with van der Waals surface area (Å²) >= 11 is 0. The highest BCUT2D eigenvalue weighted by atomic mass is 19.4. The first kappa shape index (κ1) is 23.0. The van der Waals surface area contributed by atoms with Gasteiger partial charge in [0, 0.05) is 25.3 Å². The lowest BCUT2D eigenvalue weighted by atomic mass is 10.2. The van der Waals surface area contributed by atoms with Crippen molar-refractivity contribution in [3.63, 3.8) is 0 Å². The average molecular weight is 450 g/mol. The van der Waals surface area contributed by atoms with Gasteiger partial charge in [-0.1, -0.05) is 18.7 Å². The van der Waals surface area contributed by atoms with E-state index in [1.807, 2.05) is 0 Å². The van der Waals surface area contributed by atoms with Gasteiger partial charge in [-0.05, 0) is 24.6 Å². The molecule has 2 heterocycles. The van der Waals surface area contributed by atoms with Crippen LogP contribution in [0.4, 0.5) is 36.3 Å². The van der Waals surface area contributed by atoms with E-state index in [0.717, 1.165) is 6.08 Å². The van der Waals surface area contributed by atoms with Crippen LogP contribution in [0.25, 0.3) is 0 Å². The van der Waals surface area contributed by atoms with Crippen LogP contribution in [-0.4, -0.2) is 57.5 Å². The Morgan fingerprint density at radius 1 is 1.28 bits per heavy atom. The van der Waals surface area contributed by atoms with Crippen molar-refractivity contribution in [3.05, 3.63) is 48.7 Å². The zero-order chi connectivity index (χ0) is 23.3. The molecule has 0 spiro atoms. The number of benzene rings is 1. The lowest BCUT2D eigenvalue weighted by Gasteiger charge is -2.19. The number of rotatable bonds is 7. The van der Waals surface area contributed by atoms with Crippen LogP contribution < -0.4 is 16.0 Å². The third-order valence-corrected chi connectivity index (χ3v) is 4.73. The molecule has 1 aromatic heterocycles. The highest BCUT2D eigenvalue weighted by molar-refractivity contribution is 6.01. The standard InChI is InChI=1S/C20H21F3N6O3/c1-2-16(31)26-14-5-3-4-6-15(14)27-18-13(20(21,22)23)9-24-19(28-18)25-12-7-8-29(10-12)17(32)11-30/h2-6,9,12,30H,1,7-8,10-11H2,(H,26,31)(H2,24,25,27,28)/t12-/m1/s1. The quantitative estimate of drug-likeness (QED) is 0.478. The summed E-state index contributed by atoms with van der Waals surface area (Å²) in [5.74, 6) is -1.51. The molecule has 1 aliphatic rings. The second-order valence-electron chi connectivity index (χ2n) is 6.95. The first-order valence-corrected chi connectivity index (χ1v) is 9.60. The van der Waals surface area contributed by atoms with E-state index in [4.69, 9.17) is 5.11 Å². The summed E-state index contributed by atoms with van der Waals surface area (Å²) in [6, 6.07) is 5.92. The van der Waals surface area contributed by atoms with Crippen LogP contribution in [0.5, 0.6) is 0 Å². The lowest BCUT2D eigenvalue weighted by molar-refractivity contribution is -0.137. The molecule has 2 aromatic rings. The molecular weight excluding hydrogens is 429 g/mol. The maximum Gasteiger partial charge on any atom is 0.421 e. The van der Waals surface area contributed by atoms with E-state index in [9.17, 15) is 22.8 Å². The number of alkyl halides is 3. The average Bonchev–Trinajstić information content (AvgIpc) is 3.22. The van der Waals surface area contributed by atoms with Gasteiger partial charge in [-0.25, -0.2) is 4.98 Å². The number of hydrogen-bond acceptors (Lipinski definition) is 7. The van der Waals surface area contributed by atoms with Gasteiger partial charge in [0.05, 0.1) is 11.4 Å². The van der Waals surface area contributed by atoms with Gasteiger partial charge < -0.3 is 26.0 Å². The molecule has 4 N–H and O–H groups in total. The van der Waals surface area contributed by atoms with E-state index in [1.165, 1.54) is 17.0 Å². The highest BCUT2D eigenvalue weighted by Gasteiger charge is 2.36. The molecule has 1 fully saturated rings. The van der Waals surface area contributed by atoms with E-state index in [2.05, 4.69) is 32.5 Å². The number of anilines is 4. The monoisotopic (exact) mass is 450 g/mol. The first-order chi connectivity index (χ1) is 15.2. The molecule has 0 bridgehead atoms. The molecule has 0 unspecified atom stereocenters. The molecule has 1 aliphatic heterocycles. The number of amides is 2. The van der Waals surface area contributed by atoms with Gasteiger partial charge in [0.2, 0.25) is 17.8 Å². The van der Waals surface area contributed by atoms with Crippen LogP contribution >= 0.6 is 0 Å². The van der Waals surface area contributed by atoms with Gasteiger partial charge in [0.15, 0.2) is 0 Å². The van der Waals surface area contributed by atoms with Gasteiger partial charge in [-0.3, -0.25) is 9.59 Å². The van der Waals surface area contributed by atoms with Gasteiger partial charge in [-0.15, -0.1) is 0 Å². The smallest absolute Gasteiger partial charge is 0.387 e. The highest BCUT2D eigenvalue weighted by Crippen LogP contribution is 2.36. The van der Waals surface area contributed by atoms with Crippen LogP contribution in [0.2, 0.25) is 0 Å². The van der Waals surface area contributed by atoms with E-state index >= 15 is 0 Å². The maximum atomic E-state index is 13.5. The van der Waals surface area contributed by atoms with Gasteiger partial charge in [-0.2, -0.15) is 18.2 Å². The minimum absolute atomic E-state index is 0.0589. The molecule has 0 saturated carbocycles. The zero-order valence-electron chi connectivity index (χ0n) is 16.8. The molecule has 1 atom stereocenters. The Balaban J connectivity index is 1.86. The molecular formula is C20H21F3N6O3. The molecule has 0 aliphatic carbocycles. The number of hydrogen-bond donors (Lipinski definition) is 4. The zero-order valence-corrected chi connectivity index (χ0v) is 16.8. The minimum atomic E-state index is -4.72. The molecule has 32 heavy (non-hydrogen) atoms. The molecule has 12 heteroatoms. The van der Waals surface area contributed by atoms with E-state index < -0.39 is 36.0 Å². The Kier molecular flexibility index (Phi) is 6.93. The van der Waals surface area contributed by atoms with Crippen molar-refractivity contribution >= 4 is 35.0 Å². The maximum absolute atomic E-state index is 13.5. The molecule has 1 aromatic carbocycles. The Labute approximate surface area is 181 Å². The SMILES string of the molecule is C=CC(=O)Nc1ccccc1Nc1nc(N[C@@H]2CCN(C(=O)CO)C2)ncc1C(F)(F)F. The Hall–Kier alpha value is -3.67. The number of likely N-dealkylation sites (tertiary alicyclic amines) is 1. The number of nitrogens with one attached hydrogen (secondary N) is 3. The number of nitrogens with zero attached hydrogens (tertiary/aromatic N) is 3. The van der Waals surface area contributed by atoms with Crippen LogP contribution in [0, 0.1) is 0 Å². The van der Waals surface area contributed by atoms with Gasteiger partial charge in [0.1, 0.15) is 18.0 Å². The fourth-order valence-electron chi connectivity index (χ4n) is 3.15. The van der Waals surface area contributed by atoms with Crippen LogP contribution in [0.1, 0.15) is 12.0 Å². The number of aliphatic hydroxyl groups is 1. The van der Waals surface area contributed by atoms with E-state index in [1.54, 1.807) is 12.1 Å². The first-order valence-electron chi connectivity index (χ1n) is 9.60. The molecule has 170 valence electrons. The number of halogens is 3. The van der Waals surface area contributed by atoms with Gasteiger partial charge in [0.25, 0.3) is 0 Å². The van der Waals surface area contributed by atoms with Crippen LogP contribution in [-0.2, 0) is 15.8 Å². The minimum Gasteiger partial charge on any atom is -0.387 e. The summed E-state index contributed by atoms with van der Waals surface area (Å²) in [5, 5.41) is 17.0. The van der Waals surface area contributed by atoms with Crippen molar-refractivity contribution < 1.29 is 27.9 Å². The third kappa shape index (κ3) is 5.52. The predicted octanol–water partition coefficient (Wildman–Crippen LogP) is 2.37. The van der Waals surface area contributed by atoms with Crippen molar-refractivity contribution in [1.29, 1.82) is 0 Å². The summed E-state index contributed by atoms with van der Waals surface area (Å²) in [7, 11) is 0. The second kappa shape index (κ2) is 9.64. The van der Waals surface area contributed by atoms with Gasteiger partial charge >= 0.3 is 6.18 Å². The number of aromatic nitrogens is 2. The van der Waals surface area contributed by atoms with Crippen molar-refractivity contribution in [3.8, 4) is 0 Å². The fourth-order valence-corrected chi connectivity index (χ4v) is 3.15. The lowest BCUT2D eigenvalue weighted by Crippen LogP contribution is -2.33. The number of carbonyl (C=O) groups is 2. The predicted molar refractivity (Wildman–Crippen MR) is 111 cm³/mol. The molecule has 3 rings (SSSR count).